The molecule has 5 heteroatoms. The van der Waals surface area contributed by atoms with Gasteiger partial charge in [0.1, 0.15) is 5.82 Å². The van der Waals surface area contributed by atoms with Crippen LogP contribution in [-0.2, 0) is 11.3 Å². The lowest BCUT2D eigenvalue weighted by molar-refractivity contribution is -0.120. The molecule has 0 aliphatic carbocycles. The van der Waals surface area contributed by atoms with Gasteiger partial charge in [0, 0.05) is 13.1 Å². The van der Waals surface area contributed by atoms with Gasteiger partial charge in [0.15, 0.2) is 0 Å². The van der Waals surface area contributed by atoms with Gasteiger partial charge in [-0.1, -0.05) is 24.6 Å². The predicted octanol–water partition coefficient (Wildman–Crippen LogP) is 2.09. The Morgan fingerprint density at radius 3 is 2.88 bits per heavy atom. The summed E-state index contributed by atoms with van der Waals surface area (Å²) < 4.78 is 13.1. The van der Waals surface area contributed by atoms with Crippen molar-refractivity contribution < 1.29 is 9.18 Å². The Labute approximate surface area is 105 Å². The highest BCUT2D eigenvalue weighted by molar-refractivity contribution is 6.30. The lowest BCUT2D eigenvalue weighted by Gasteiger charge is -2.06. The molecular weight excluding hydrogens is 243 g/mol. The van der Waals surface area contributed by atoms with E-state index in [9.17, 15) is 9.18 Å². The second kappa shape index (κ2) is 7.25. The summed E-state index contributed by atoms with van der Waals surface area (Å²) in [6, 6.07) is 4.59. The van der Waals surface area contributed by atoms with Crippen LogP contribution in [0.15, 0.2) is 18.2 Å². The Hall–Kier alpha value is -1.13. The number of carbonyl (C=O) groups excluding carboxylic acids is 1. The summed E-state index contributed by atoms with van der Waals surface area (Å²) in [6.45, 7) is 3.33. The molecule has 0 aliphatic heterocycles. The molecular formula is C12H16ClFN2O. The second-order valence-corrected chi connectivity index (χ2v) is 4.11. The van der Waals surface area contributed by atoms with Gasteiger partial charge in [-0.15, -0.1) is 0 Å². The summed E-state index contributed by atoms with van der Waals surface area (Å²) in [5.41, 5.74) is 0.759. The Kier molecular flexibility index (Phi) is 5.94. The molecule has 0 spiro atoms. The molecule has 0 atom stereocenters. The molecule has 1 rings (SSSR count). The van der Waals surface area contributed by atoms with E-state index in [-0.39, 0.29) is 17.5 Å². The third kappa shape index (κ3) is 5.15. The van der Waals surface area contributed by atoms with E-state index in [1.807, 2.05) is 6.92 Å². The number of carbonyl (C=O) groups is 1. The zero-order valence-electron chi connectivity index (χ0n) is 9.72. The van der Waals surface area contributed by atoms with E-state index < -0.39 is 5.82 Å². The fraction of sp³-hybridized carbons (Fsp3) is 0.417. The fourth-order valence-electron chi connectivity index (χ4n) is 1.30. The number of amides is 1. The Balaban J connectivity index is 2.30. The summed E-state index contributed by atoms with van der Waals surface area (Å²) in [5, 5.41) is 5.78. The lowest BCUT2D eigenvalue weighted by atomic mass is 10.2. The highest BCUT2D eigenvalue weighted by Gasteiger charge is 2.02. The van der Waals surface area contributed by atoms with Crippen LogP contribution in [-0.4, -0.2) is 19.0 Å². The van der Waals surface area contributed by atoms with Crippen LogP contribution in [0.2, 0.25) is 5.02 Å². The molecule has 1 aromatic rings. The van der Waals surface area contributed by atoms with Crippen LogP contribution in [0.3, 0.4) is 0 Å². The van der Waals surface area contributed by atoms with E-state index in [0.717, 1.165) is 12.0 Å². The topological polar surface area (TPSA) is 41.1 Å². The summed E-state index contributed by atoms with van der Waals surface area (Å²) in [5.74, 6) is -0.498. The monoisotopic (exact) mass is 258 g/mol. The van der Waals surface area contributed by atoms with Gasteiger partial charge in [-0.2, -0.15) is 0 Å². The Morgan fingerprint density at radius 1 is 1.47 bits per heavy atom. The SMILES string of the molecule is CCCNC(=O)CNCc1ccc(Cl)c(F)c1. The fourth-order valence-corrected chi connectivity index (χ4v) is 1.41. The van der Waals surface area contributed by atoms with E-state index in [1.165, 1.54) is 12.1 Å². The van der Waals surface area contributed by atoms with E-state index in [4.69, 9.17) is 11.6 Å². The first-order valence-corrected chi connectivity index (χ1v) is 5.92. The third-order valence-electron chi connectivity index (χ3n) is 2.17. The largest absolute Gasteiger partial charge is 0.355 e. The van der Waals surface area contributed by atoms with Crippen molar-refractivity contribution in [1.29, 1.82) is 0 Å². The van der Waals surface area contributed by atoms with Crippen LogP contribution in [0, 0.1) is 5.82 Å². The molecule has 17 heavy (non-hydrogen) atoms. The summed E-state index contributed by atoms with van der Waals surface area (Å²) in [6.07, 6.45) is 0.911. The molecule has 3 nitrogen and oxygen atoms in total. The van der Waals surface area contributed by atoms with Crippen molar-refractivity contribution in [3.05, 3.63) is 34.6 Å². The molecule has 0 radical (unpaired) electrons. The van der Waals surface area contributed by atoms with Crippen LogP contribution < -0.4 is 10.6 Å². The molecule has 0 aromatic heterocycles. The van der Waals surface area contributed by atoms with Crippen LogP contribution in [0.1, 0.15) is 18.9 Å². The van der Waals surface area contributed by atoms with Crippen LogP contribution in [0.25, 0.3) is 0 Å². The highest BCUT2D eigenvalue weighted by Crippen LogP contribution is 2.15. The van der Waals surface area contributed by atoms with Crippen molar-refractivity contribution in [1.82, 2.24) is 10.6 Å². The molecule has 1 amide bonds. The number of benzene rings is 1. The Bertz CT molecular complexity index is 385. The first kappa shape index (κ1) is 13.9. The summed E-state index contributed by atoms with van der Waals surface area (Å²) >= 11 is 5.56. The molecule has 0 unspecified atom stereocenters. The first-order valence-electron chi connectivity index (χ1n) is 5.54. The van der Waals surface area contributed by atoms with Crippen LogP contribution >= 0.6 is 11.6 Å². The van der Waals surface area contributed by atoms with Crippen LogP contribution in [0.5, 0.6) is 0 Å². The van der Waals surface area contributed by atoms with E-state index in [1.54, 1.807) is 6.07 Å². The van der Waals surface area contributed by atoms with E-state index in [2.05, 4.69) is 10.6 Å². The first-order chi connectivity index (χ1) is 8.13. The predicted molar refractivity (Wildman–Crippen MR) is 66.4 cm³/mol. The maximum absolute atomic E-state index is 13.1. The maximum atomic E-state index is 13.1. The van der Waals surface area contributed by atoms with Gasteiger partial charge >= 0.3 is 0 Å². The summed E-state index contributed by atoms with van der Waals surface area (Å²) in [4.78, 5) is 11.2. The molecule has 1 aromatic carbocycles. The lowest BCUT2D eigenvalue weighted by Crippen LogP contribution is -2.33. The number of nitrogens with one attached hydrogen (secondary N) is 2. The quantitative estimate of drug-likeness (QED) is 0.820. The average Bonchev–Trinajstić information content (AvgIpc) is 2.31. The van der Waals surface area contributed by atoms with Gasteiger partial charge in [-0.05, 0) is 24.1 Å². The normalized spacial score (nSPS) is 10.3. The molecule has 0 saturated heterocycles. The smallest absolute Gasteiger partial charge is 0.233 e. The molecule has 0 bridgehead atoms. The number of halogens is 2. The number of hydrogen-bond donors (Lipinski definition) is 2. The zero-order valence-corrected chi connectivity index (χ0v) is 10.5. The second-order valence-electron chi connectivity index (χ2n) is 3.70. The van der Waals surface area contributed by atoms with Crippen molar-refractivity contribution in [2.75, 3.05) is 13.1 Å². The molecule has 2 N–H and O–H groups in total. The molecule has 94 valence electrons. The van der Waals surface area contributed by atoms with Crippen molar-refractivity contribution in [2.24, 2.45) is 0 Å². The van der Waals surface area contributed by atoms with Crippen molar-refractivity contribution in [2.45, 2.75) is 19.9 Å². The van der Waals surface area contributed by atoms with Crippen molar-refractivity contribution in [3.63, 3.8) is 0 Å². The van der Waals surface area contributed by atoms with Gasteiger partial charge in [0.2, 0.25) is 5.91 Å². The molecule has 0 heterocycles. The minimum Gasteiger partial charge on any atom is -0.355 e. The van der Waals surface area contributed by atoms with E-state index >= 15 is 0 Å². The van der Waals surface area contributed by atoms with E-state index in [0.29, 0.717) is 13.1 Å². The van der Waals surface area contributed by atoms with Crippen molar-refractivity contribution in [3.8, 4) is 0 Å². The average molecular weight is 259 g/mol. The van der Waals surface area contributed by atoms with Gasteiger partial charge in [0.05, 0.1) is 11.6 Å². The third-order valence-corrected chi connectivity index (χ3v) is 2.48. The van der Waals surface area contributed by atoms with Gasteiger partial charge < -0.3 is 10.6 Å². The summed E-state index contributed by atoms with van der Waals surface area (Å²) in [7, 11) is 0. The standard InChI is InChI=1S/C12H16ClFN2O/c1-2-5-16-12(17)8-15-7-9-3-4-10(13)11(14)6-9/h3-4,6,15H,2,5,7-8H2,1H3,(H,16,17). The number of rotatable bonds is 6. The maximum Gasteiger partial charge on any atom is 0.233 e. The molecule has 0 aliphatic rings. The Morgan fingerprint density at radius 2 is 2.24 bits per heavy atom. The molecule has 0 saturated carbocycles. The van der Waals surface area contributed by atoms with Gasteiger partial charge in [-0.25, -0.2) is 4.39 Å². The van der Waals surface area contributed by atoms with Gasteiger partial charge in [0.25, 0.3) is 0 Å². The minimum atomic E-state index is -0.443. The van der Waals surface area contributed by atoms with Crippen LogP contribution in [0.4, 0.5) is 4.39 Å². The highest BCUT2D eigenvalue weighted by atomic mass is 35.5. The minimum absolute atomic E-state index is 0.0544. The molecule has 0 fully saturated rings. The van der Waals surface area contributed by atoms with Gasteiger partial charge in [-0.3, -0.25) is 4.79 Å². The number of hydrogen-bond acceptors (Lipinski definition) is 2. The van der Waals surface area contributed by atoms with Crippen molar-refractivity contribution >= 4 is 17.5 Å². The zero-order chi connectivity index (χ0) is 12.7.